The summed E-state index contributed by atoms with van der Waals surface area (Å²) in [7, 11) is 2.03. The highest BCUT2D eigenvalue weighted by molar-refractivity contribution is 9.10. The summed E-state index contributed by atoms with van der Waals surface area (Å²) >= 11 is 9.39. The van der Waals surface area contributed by atoms with Crippen molar-refractivity contribution in [2.24, 2.45) is 5.92 Å². The Labute approximate surface area is 146 Å². The summed E-state index contributed by atoms with van der Waals surface area (Å²) in [5.41, 5.74) is 0. The fourth-order valence-electron chi connectivity index (χ4n) is 2.69. The highest BCUT2D eigenvalue weighted by Crippen LogP contribution is 2.28. The maximum absolute atomic E-state index is 5.92. The van der Waals surface area contributed by atoms with Crippen molar-refractivity contribution in [1.29, 1.82) is 0 Å². The van der Waals surface area contributed by atoms with Gasteiger partial charge in [-0.3, -0.25) is 4.90 Å². The molecule has 1 N–H and O–H groups in total. The van der Waals surface area contributed by atoms with E-state index in [0.29, 0.717) is 6.61 Å². The zero-order valence-electron chi connectivity index (χ0n) is 12.3. The number of hydrogen-bond donors (Lipinski definition) is 1. The Kier molecular flexibility index (Phi) is 8.98. The molecular weight excluding hydrogens is 375 g/mol. The molecule has 0 aromatic heterocycles. The van der Waals surface area contributed by atoms with Crippen LogP contribution >= 0.6 is 39.9 Å². The van der Waals surface area contributed by atoms with E-state index >= 15 is 0 Å². The smallest absolute Gasteiger partial charge is 0.133 e. The molecule has 1 aromatic rings. The number of nitrogens with zero attached hydrogens (tertiary/aromatic N) is 1. The van der Waals surface area contributed by atoms with Crippen LogP contribution in [0.25, 0.3) is 0 Å². The molecule has 1 saturated heterocycles. The van der Waals surface area contributed by atoms with Crippen molar-refractivity contribution >= 4 is 39.9 Å². The van der Waals surface area contributed by atoms with Gasteiger partial charge in [0.05, 0.1) is 4.47 Å². The SMILES string of the molecule is CNCC1CCCN(CCOc2ccc(Cl)cc2Br)C1.Cl. The summed E-state index contributed by atoms with van der Waals surface area (Å²) in [6.45, 7) is 5.17. The van der Waals surface area contributed by atoms with Gasteiger partial charge < -0.3 is 10.1 Å². The van der Waals surface area contributed by atoms with E-state index in [9.17, 15) is 0 Å². The molecule has 0 bridgehead atoms. The highest BCUT2D eigenvalue weighted by atomic mass is 79.9. The topological polar surface area (TPSA) is 24.5 Å². The van der Waals surface area contributed by atoms with Gasteiger partial charge in [0, 0.05) is 18.1 Å². The van der Waals surface area contributed by atoms with Gasteiger partial charge in [-0.05, 0) is 73.0 Å². The molecule has 6 heteroatoms. The van der Waals surface area contributed by atoms with Gasteiger partial charge in [0.2, 0.25) is 0 Å². The van der Waals surface area contributed by atoms with E-state index in [0.717, 1.165) is 34.3 Å². The number of rotatable bonds is 6. The summed E-state index contributed by atoms with van der Waals surface area (Å²) in [5, 5.41) is 3.99. The first-order valence-corrected chi connectivity index (χ1v) is 8.31. The third kappa shape index (κ3) is 6.33. The van der Waals surface area contributed by atoms with Crippen molar-refractivity contribution in [3.8, 4) is 5.75 Å². The van der Waals surface area contributed by atoms with Gasteiger partial charge in [-0.15, -0.1) is 12.4 Å². The van der Waals surface area contributed by atoms with E-state index in [2.05, 4.69) is 26.1 Å². The molecule has 3 nitrogen and oxygen atoms in total. The van der Waals surface area contributed by atoms with E-state index in [1.807, 2.05) is 25.2 Å². The summed E-state index contributed by atoms with van der Waals surface area (Å²) in [4.78, 5) is 2.50. The minimum absolute atomic E-state index is 0. The number of benzene rings is 1. The third-order valence-electron chi connectivity index (χ3n) is 3.65. The van der Waals surface area contributed by atoms with Crippen molar-refractivity contribution in [1.82, 2.24) is 10.2 Å². The van der Waals surface area contributed by atoms with E-state index in [-0.39, 0.29) is 12.4 Å². The predicted octanol–water partition coefficient (Wildman–Crippen LogP) is 3.83. The van der Waals surface area contributed by atoms with Crippen LogP contribution in [0, 0.1) is 5.92 Å². The molecule has 1 heterocycles. The van der Waals surface area contributed by atoms with Gasteiger partial charge in [-0.25, -0.2) is 0 Å². The number of hydrogen-bond acceptors (Lipinski definition) is 3. The number of ether oxygens (including phenoxy) is 1. The molecule has 1 fully saturated rings. The predicted molar refractivity (Wildman–Crippen MR) is 95.0 cm³/mol. The van der Waals surface area contributed by atoms with Gasteiger partial charge in [-0.2, -0.15) is 0 Å². The van der Waals surface area contributed by atoms with E-state index in [1.165, 1.54) is 25.9 Å². The maximum Gasteiger partial charge on any atom is 0.133 e. The zero-order valence-corrected chi connectivity index (χ0v) is 15.4. The van der Waals surface area contributed by atoms with Crippen LogP contribution in [0.15, 0.2) is 22.7 Å². The van der Waals surface area contributed by atoms with E-state index < -0.39 is 0 Å². The normalized spacial score (nSPS) is 19.1. The molecule has 0 amide bonds. The van der Waals surface area contributed by atoms with Crippen LogP contribution in [0.4, 0.5) is 0 Å². The van der Waals surface area contributed by atoms with Crippen LogP contribution in [0.2, 0.25) is 5.02 Å². The molecule has 0 aliphatic carbocycles. The molecule has 2 rings (SSSR count). The molecule has 0 saturated carbocycles. The summed E-state index contributed by atoms with van der Waals surface area (Å²) in [5.74, 6) is 1.63. The van der Waals surface area contributed by atoms with Crippen LogP contribution < -0.4 is 10.1 Å². The first-order chi connectivity index (χ1) is 9.69. The van der Waals surface area contributed by atoms with Crippen molar-refractivity contribution in [3.05, 3.63) is 27.7 Å². The van der Waals surface area contributed by atoms with Crippen molar-refractivity contribution in [3.63, 3.8) is 0 Å². The Morgan fingerprint density at radius 1 is 1.48 bits per heavy atom. The summed E-state index contributed by atoms with van der Waals surface area (Å²) in [6, 6.07) is 5.62. The number of halogens is 3. The van der Waals surface area contributed by atoms with Crippen LogP contribution in [0.1, 0.15) is 12.8 Å². The monoisotopic (exact) mass is 396 g/mol. The molecule has 1 unspecified atom stereocenters. The van der Waals surface area contributed by atoms with Crippen molar-refractivity contribution < 1.29 is 4.74 Å². The van der Waals surface area contributed by atoms with Crippen LogP contribution in [0.3, 0.4) is 0 Å². The van der Waals surface area contributed by atoms with Crippen molar-refractivity contribution in [2.45, 2.75) is 12.8 Å². The number of nitrogens with one attached hydrogen (secondary N) is 1. The van der Waals surface area contributed by atoms with Gasteiger partial charge >= 0.3 is 0 Å². The van der Waals surface area contributed by atoms with E-state index in [4.69, 9.17) is 16.3 Å². The molecule has 0 radical (unpaired) electrons. The number of likely N-dealkylation sites (tertiary alicyclic amines) is 1. The Balaban J connectivity index is 0.00000220. The van der Waals surface area contributed by atoms with E-state index in [1.54, 1.807) is 0 Å². The largest absolute Gasteiger partial charge is 0.491 e. The van der Waals surface area contributed by atoms with Gasteiger partial charge in [0.25, 0.3) is 0 Å². The van der Waals surface area contributed by atoms with Gasteiger partial charge in [0.15, 0.2) is 0 Å². The molecule has 1 aliphatic rings. The van der Waals surface area contributed by atoms with Crippen molar-refractivity contribution in [2.75, 3.05) is 39.8 Å². The second kappa shape index (κ2) is 9.90. The fourth-order valence-corrected chi connectivity index (χ4v) is 3.48. The average Bonchev–Trinajstić information content (AvgIpc) is 2.42. The summed E-state index contributed by atoms with van der Waals surface area (Å²) < 4.78 is 6.74. The van der Waals surface area contributed by atoms with Crippen LogP contribution in [-0.4, -0.2) is 44.7 Å². The lowest BCUT2D eigenvalue weighted by Gasteiger charge is -2.32. The highest BCUT2D eigenvalue weighted by Gasteiger charge is 2.18. The Morgan fingerprint density at radius 2 is 2.29 bits per heavy atom. The Morgan fingerprint density at radius 3 is 3.00 bits per heavy atom. The molecular formula is C15H23BrCl2N2O. The van der Waals surface area contributed by atoms with Gasteiger partial charge in [-0.1, -0.05) is 11.6 Å². The lowest BCUT2D eigenvalue weighted by molar-refractivity contribution is 0.146. The molecule has 0 spiro atoms. The first-order valence-electron chi connectivity index (χ1n) is 7.14. The maximum atomic E-state index is 5.92. The van der Waals surface area contributed by atoms with Crippen LogP contribution in [0.5, 0.6) is 5.75 Å². The minimum Gasteiger partial charge on any atom is -0.491 e. The molecule has 1 atom stereocenters. The lowest BCUT2D eigenvalue weighted by Crippen LogP contribution is -2.40. The fraction of sp³-hybridized carbons (Fsp3) is 0.600. The summed E-state index contributed by atoms with van der Waals surface area (Å²) in [6.07, 6.45) is 2.62. The second-order valence-electron chi connectivity index (χ2n) is 5.29. The lowest BCUT2D eigenvalue weighted by atomic mass is 9.98. The first kappa shape index (κ1) is 19.0. The number of piperidine rings is 1. The molecule has 1 aromatic carbocycles. The second-order valence-corrected chi connectivity index (χ2v) is 6.58. The Hall–Kier alpha value is -0.0000000000000000555. The Bertz CT molecular complexity index is 432. The van der Waals surface area contributed by atoms with Crippen LogP contribution in [-0.2, 0) is 0 Å². The molecule has 21 heavy (non-hydrogen) atoms. The molecule has 120 valence electrons. The third-order valence-corrected chi connectivity index (χ3v) is 4.51. The standard InChI is InChI=1S/C15H22BrClN2O.ClH/c1-18-10-12-3-2-6-19(11-12)7-8-20-15-5-4-13(17)9-14(15)16;/h4-5,9,12,18H,2-3,6-8,10-11H2,1H3;1H. The zero-order chi connectivity index (χ0) is 14.4. The average molecular weight is 398 g/mol. The molecule has 1 aliphatic heterocycles. The quantitative estimate of drug-likeness (QED) is 0.789. The minimum atomic E-state index is 0. The van der Waals surface area contributed by atoms with Gasteiger partial charge in [0.1, 0.15) is 12.4 Å².